The second-order valence-electron chi connectivity index (χ2n) is 5.77. The number of phenols is 1. The van der Waals surface area contributed by atoms with Gasteiger partial charge in [0.05, 0.1) is 10.0 Å². The lowest BCUT2D eigenvalue weighted by molar-refractivity contribution is 0.228. The van der Waals surface area contributed by atoms with Gasteiger partial charge < -0.3 is 10.4 Å². The summed E-state index contributed by atoms with van der Waals surface area (Å²) in [6.45, 7) is 5.46. The first-order valence-electron chi connectivity index (χ1n) is 6.29. The summed E-state index contributed by atoms with van der Waals surface area (Å²) in [5, 5.41) is 14.3. The molecule has 2 nitrogen and oxygen atoms in total. The second-order valence-corrected chi connectivity index (χ2v) is 6.58. The van der Waals surface area contributed by atoms with E-state index in [1.165, 1.54) is 6.07 Å². The van der Waals surface area contributed by atoms with Crippen molar-refractivity contribution in [3.05, 3.63) is 27.7 Å². The maximum absolute atomic E-state index is 9.92. The molecule has 18 heavy (non-hydrogen) atoms. The number of rotatable bonds is 2. The van der Waals surface area contributed by atoms with Crippen LogP contribution in [0.5, 0.6) is 5.75 Å². The Kier molecular flexibility index (Phi) is 4.10. The Labute approximate surface area is 118 Å². The summed E-state index contributed by atoms with van der Waals surface area (Å²) in [5.74, 6) is 0.824. The van der Waals surface area contributed by atoms with Crippen molar-refractivity contribution in [2.24, 2.45) is 5.92 Å². The molecule has 1 atom stereocenters. The normalized spacial score (nSPS) is 23.0. The van der Waals surface area contributed by atoms with Gasteiger partial charge in [-0.1, -0.05) is 23.2 Å². The monoisotopic (exact) mass is 287 g/mol. The van der Waals surface area contributed by atoms with Crippen LogP contribution in [-0.2, 0) is 6.42 Å². The molecule has 0 bridgehead atoms. The third kappa shape index (κ3) is 3.31. The van der Waals surface area contributed by atoms with Crippen LogP contribution in [0.4, 0.5) is 0 Å². The van der Waals surface area contributed by atoms with Crippen LogP contribution < -0.4 is 5.32 Å². The molecule has 1 aliphatic heterocycles. The number of phenolic OH excluding ortho intramolecular Hbond substituents is 1. The molecule has 0 amide bonds. The summed E-state index contributed by atoms with van der Waals surface area (Å²) in [6.07, 6.45) is 3.09. The lowest BCUT2D eigenvalue weighted by atomic mass is 9.81. The van der Waals surface area contributed by atoms with E-state index in [1.54, 1.807) is 6.07 Å². The van der Waals surface area contributed by atoms with Crippen LogP contribution in [0.3, 0.4) is 0 Å². The van der Waals surface area contributed by atoms with Crippen LogP contribution in [0.15, 0.2) is 12.1 Å². The zero-order valence-corrected chi connectivity index (χ0v) is 12.3. The largest absolute Gasteiger partial charge is 0.508 e. The van der Waals surface area contributed by atoms with Crippen molar-refractivity contribution >= 4 is 23.2 Å². The van der Waals surface area contributed by atoms with Crippen LogP contribution in [0.2, 0.25) is 10.0 Å². The molecule has 0 aliphatic carbocycles. The van der Waals surface area contributed by atoms with Crippen LogP contribution >= 0.6 is 23.2 Å². The van der Waals surface area contributed by atoms with E-state index >= 15 is 0 Å². The minimum atomic E-state index is 0.175. The van der Waals surface area contributed by atoms with E-state index in [-0.39, 0.29) is 11.3 Å². The minimum absolute atomic E-state index is 0.175. The molecule has 1 aromatic carbocycles. The van der Waals surface area contributed by atoms with Crippen LogP contribution in [0, 0.1) is 5.92 Å². The Morgan fingerprint density at radius 3 is 2.67 bits per heavy atom. The summed E-state index contributed by atoms with van der Waals surface area (Å²) in [4.78, 5) is 0. The predicted octanol–water partition coefficient (Wildman–Crippen LogP) is 4.02. The van der Waals surface area contributed by atoms with E-state index < -0.39 is 0 Å². The van der Waals surface area contributed by atoms with Crippen molar-refractivity contribution in [1.82, 2.24) is 5.32 Å². The number of aromatic hydroxyl groups is 1. The van der Waals surface area contributed by atoms with Crippen molar-refractivity contribution in [2.45, 2.75) is 38.6 Å². The van der Waals surface area contributed by atoms with E-state index in [1.807, 2.05) is 0 Å². The smallest absolute Gasteiger partial charge is 0.120 e. The molecule has 2 rings (SSSR count). The molecule has 0 radical (unpaired) electrons. The van der Waals surface area contributed by atoms with Gasteiger partial charge in [0.25, 0.3) is 0 Å². The lowest BCUT2D eigenvalue weighted by Gasteiger charge is -2.36. The fraction of sp³-hybridized carbons (Fsp3) is 0.571. The molecule has 1 fully saturated rings. The van der Waals surface area contributed by atoms with Crippen molar-refractivity contribution in [3.8, 4) is 5.75 Å². The average molecular weight is 288 g/mol. The fourth-order valence-electron chi connectivity index (χ4n) is 2.74. The molecule has 0 saturated carbocycles. The molecular weight excluding hydrogens is 269 g/mol. The number of hydrogen-bond donors (Lipinski definition) is 2. The highest BCUT2D eigenvalue weighted by Crippen LogP contribution is 2.34. The third-order valence-electron chi connectivity index (χ3n) is 3.59. The Bertz CT molecular complexity index is 446. The summed E-state index contributed by atoms with van der Waals surface area (Å²) in [7, 11) is 0. The Morgan fingerprint density at radius 1 is 1.33 bits per heavy atom. The number of piperidine rings is 1. The fourth-order valence-corrected chi connectivity index (χ4v) is 3.08. The summed E-state index contributed by atoms with van der Waals surface area (Å²) >= 11 is 11.9. The van der Waals surface area contributed by atoms with Gasteiger partial charge in [0.15, 0.2) is 0 Å². The number of halogens is 2. The van der Waals surface area contributed by atoms with Gasteiger partial charge in [-0.05, 0) is 57.2 Å². The molecule has 1 unspecified atom stereocenters. The van der Waals surface area contributed by atoms with E-state index in [0.29, 0.717) is 16.0 Å². The van der Waals surface area contributed by atoms with Gasteiger partial charge in [0.1, 0.15) is 5.75 Å². The van der Waals surface area contributed by atoms with E-state index in [9.17, 15) is 5.11 Å². The molecule has 1 saturated heterocycles. The SMILES string of the molecule is CC1(C)CC(Cc2cc(Cl)c(Cl)cc2O)CCN1. The third-order valence-corrected chi connectivity index (χ3v) is 4.31. The molecule has 1 aliphatic rings. The zero-order valence-electron chi connectivity index (χ0n) is 10.8. The summed E-state index contributed by atoms with van der Waals surface area (Å²) < 4.78 is 0. The van der Waals surface area contributed by atoms with Crippen molar-refractivity contribution in [3.63, 3.8) is 0 Å². The standard InChI is InChI=1S/C14H19Cl2NO/c1-14(2)8-9(3-4-17-14)5-10-6-11(15)12(16)7-13(10)18/h6-7,9,17-18H,3-5,8H2,1-2H3. The van der Waals surface area contributed by atoms with E-state index in [2.05, 4.69) is 19.2 Å². The molecule has 0 aromatic heterocycles. The van der Waals surface area contributed by atoms with Crippen LogP contribution in [0.25, 0.3) is 0 Å². The van der Waals surface area contributed by atoms with Gasteiger partial charge in [-0.15, -0.1) is 0 Å². The molecule has 100 valence electrons. The zero-order chi connectivity index (χ0) is 13.3. The Hall–Kier alpha value is -0.440. The molecule has 0 spiro atoms. The van der Waals surface area contributed by atoms with E-state index in [4.69, 9.17) is 23.2 Å². The molecule has 1 aromatic rings. The first kappa shape index (κ1) is 14.0. The first-order chi connectivity index (χ1) is 8.37. The highest BCUT2D eigenvalue weighted by molar-refractivity contribution is 6.42. The van der Waals surface area contributed by atoms with Crippen molar-refractivity contribution in [1.29, 1.82) is 0 Å². The van der Waals surface area contributed by atoms with E-state index in [0.717, 1.165) is 31.4 Å². The molecule has 4 heteroatoms. The molecule has 2 N–H and O–H groups in total. The maximum atomic E-state index is 9.92. The highest BCUT2D eigenvalue weighted by Gasteiger charge is 2.27. The average Bonchev–Trinajstić information content (AvgIpc) is 2.24. The van der Waals surface area contributed by atoms with Crippen LogP contribution in [-0.4, -0.2) is 17.2 Å². The predicted molar refractivity (Wildman–Crippen MR) is 76.6 cm³/mol. The maximum Gasteiger partial charge on any atom is 0.120 e. The van der Waals surface area contributed by atoms with Gasteiger partial charge in [0, 0.05) is 11.6 Å². The topological polar surface area (TPSA) is 32.3 Å². The van der Waals surface area contributed by atoms with Gasteiger partial charge in [-0.3, -0.25) is 0 Å². The summed E-state index contributed by atoms with van der Waals surface area (Å²) in [5.41, 5.74) is 1.07. The van der Waals surface area contributed by atoms with Crippen molar-refractivity contribution in [2.75, 3.05) is 6.54 Å². The number of benzene rings is 1. The minimum Gasteiger partial charge on any atom is -0.508 e. The highest BCUT2D eigenvalue weighted by atomic mass is 35.5. The van der Waals surface area contributed by atoms with Gasteiger partial charge in [-0.25, -0.2) is 0 Å². The molecule has 1 heterocycles. The number of nitrogens with one attached hydrogen (secondary N) is 1. The number of hydrogen-bond acceptors (Lipinski definition) is 2. The Balaban J connectivity index is 2.12. The lowest BCUT2D eigenvalue weighted by Crippen LogP contribution is -2.46. The molecular formula is C14H19Cl2NO. The van der Waals surface area contributed by atoms with Crippen LogP contribution in [0.1, 0.15) is 32.3 Å². The van der Waals surface area contributed by atoms with Crippen molar-refractivity contribution < 1.29 is 5.11 Å². The van der Waals surface area contributed by atoms with Gasteiger partial charge >= 0.3 is 0 Å². The van der Waals surface area contributed by atoms with Gasteiger partial charge in [-0.2, -0.15) is 0 Å². The Morgan fingerprint density at radius 2 is 2.00 bits per heavy atom. The van der Waals surface area contributed by atoms with Gasteiger partial charge in [0.2, 0.25) is 0 Å². The first-order valence-corrected chi connectivity index (χ1v) is 7.05. The summed E-state index contributed by atoms with van der Waals surface area (Å²) in [6, 6.07) is 3.32. The second kappa shape index (κ2) is 5.28. The quantitative estimate of drug-likeness (QED) is 0.861.